The maximum atomic E-state index is 12.2. The fourth-order valence-electron chi connectivity index (χ4n) is 1.53. The summed E-state index contributed by atoms with van der Waals surface area (Å²) in [5.74, 6) is -0.747. The number of carbonyl (C=O) groups is 1. The number of hydrogen-bond donors (Lipinski definition) is 2. The fourth-order valence-corrected chi connectivity index (χ4v) is 1.53. The Kier molecular flexibility index (Phi) is 5.16. The van der Waals surface area contributed by atoms with Gasteiger partial charge >= 0.3 is 6.18 Å². The molecule has 1 atom stereocenters. The van der Waals surface area contributed by atoms with Crippen LogP contribution < -0.4 is 5.32 Å². The highest BCUT2D eigenvalue weighted by Gasteiger charge is 2.35. The van der Waals surface area contributed by atoms with Crippen molar-refractivity contribution in [2.75, 3.05) is 39.4 Å². The van der Waals surface area contributed by atoms with Crippen molar-refractivity contribution in [3.05, 3.63) is 0 Å². The molecule has 17 heavy (non-hydrogen) atoms. The van der Waals surface area contributed by atoms with E-state index < -0.39 is 31.3 Å². The molecule has 8 heteroatoms. The third-order valence-corrected chi connectivity index (χ3v) is 2.25. The summed E-state index contributed by atoms with van der Waals surface area (Å²) in [6, 6.07) is 0. The molecular weight excluding hydrogens is 241 g/mol. The molecule has 0 aromatic carbocycles. The molecule has 1 aliphatic heterocycles. The molecule has 1 amide bonds. The molecule has 0 aliphatic carbocycles. The number of amides is 1. The molecule has 1 aliphatic rings. The molecule has 1 rings (SSSR count). The van der Waals surface area contributed by atoms with Crippen LogP contribution in [-0.4, -0.2) is 67.6 Å². The second kappa shape index (κ2) is 6.18. The molecule has 0 aromatic heterocycles. The molecule has 0 radical (unpaired) electrons. The molecule has 0 saturated carbocycles. The van der Waals surface area contributed by atoms with Crippen molar-refractivity contribution in [2.45, 2.75) is 12.3 Å². The molecule has 1 fully saturated rings. The number of alkyl halides is 3. The Hall–Kier alpha value is -0.860. The predicted octanol–water partition coefficient (Wildman–Crippen LogP) is -0.642. The molecule has 1 saturated heterocycles. The van der Waals surface area contributed by atoms with E-state index in [0.717, 1.165) is 0 Å². The van der Waals surface area contributed by atoms with E-state index in [1.807, 2.05) is 0 Å². The van der Waals surface area contributed by atoms with Crippen LogP contribution in [0, 0.1) is 0 Å². The zero-order valence-electron chi connectivity index (χ0n) is 9.16. The maximum Gasteiger partial charge on any atom is 0.406 e. The van der Waals surface area contributed by atoms with E-state index in [0.29, 0.717) is 11.4 Å². The lowest BCUT2D eigenvalue weighted by Crippen LogP contribution is -2.52. The van der Waals surface area contributed by atoms with Gasteiger partial charge in [0.15, 0.2) is 0 Å². The normalized spacial score (nSPS) is 21.3. The van der Waals surface area contributed by atoms with E-state index in [4.69, 9.17) is 9.84 Å². The van der Waals surface area contributed by atoms with Crippen LogP contribution in [0.25, 0.3) is 0 Å². The van der Waals surface area contributed by atoms with Crippen LogP contribution >= 0.6 is 0 Å². The van der Waals surface area contributed by atoms with Gasteiger partial charge in [-0.25, -0.2) is 0 Å². The largest absolute Gasteiger partial charge is 0.406 e. The summed E-state index contributed by atoms with van der Waals surface area (Å²) in [5, 5.41) is 11.5. The van der Waals surface area contributed by atoms with E-state index in [-0.39, 0.29) is 19.7 Å². The Bertz CT molecular complexity index is 254. The summed E-state index contributed by atoms with van der Waals surface area (Å²) in [6.07, 6.45) is -5.38. The minimum Gasteiger partial charge on any atom is -0.395 e. The number of rotatable bonds is 4. The van der Waals surface area contributed by atoms with Crippen molar-refractivity contribution in [1.82, 2.24) is 10.2 Å². The summed E-state index contributed by atoms with van der Waals surface area (Å²) in [7, 11) is 0. The first-order chi connectivity index (χ1) is 7.94. The third-order valence-electron chi connectivity index (χ3n) is 2.25. The molecule has 100 valence electrons. The Morgan fingerprint density at radius 1 is 1.53 bits per heavy atom. The number of morpholine rings is 1. The van der Waals surface area contributed by atoms with Crippen molar-refractivity contribution >= 4 is 5.91 Å². The summed E-state index contributed by atoms with van der Waals surface area (Å²) in [4.78, 5) is 12.3. The lowest BCUT2D eigenvalue weighted by Gasteiger charge is -2.29. The minimum absolute atomic E-state index is 0.193. The van der Waals surface area contributed by atoms with Gasteiger partial charge < -0.3 is 20.1 Å². The van der Waals surface area contributed by atoms with E-state index in [1.54, 1.807) is 0 Å². The van der Waals surface area contributed by atoms with Crippen LogP contribution in [0.2, 0.25) is 0 Å². The molecule has 0 spiro atoms. The number of hydrogen-bond acceptors (Lipinski definition) is 4. The Morgan fingerprint density at radius 2 is 2.24 bits per heavy atom. The van der Waals surface area contributed by atoms with Crippen molar-refractivity contribution in [1.29, 1.82) is 0 Å². The first-order valence-electron chi connectivity index (χ1n) is 5.23. The van der Waals surface area contributed by atoms with Crippen molar-refractivity contribution in [3.63, 3.8) is 0 Å². The van der Waals surface area contributed by atoms with Crippen LogP contribution in [0.3, 0.4) is 0 Å². The number of ether oxygens (including phenoxy) is 1. The molecule has 0 bridgehead atoms. The van der Waals surface area contributed by atoms with E-state index in [2.05, 4.69) is 5.32 Å². The Morgan fingerprint density at radius 3 is 2.71 bits per heavy atom. The maximum absolute atomic E-state index is 12.2. The van der Waals surface area contributed by atoms with Crippen LogP contribution in [0.5, 0.6) is 0 Å². The molecule has 1 heterocycles. The fraction of sp³-hybridized carbons (Fsp3) is 0.889. The lowest BCUT2D eigenvalue weighted by molar-refractivity contribution is -0.170. The highest BCUT2D eigenvalue weighted by Crippen LogP contribution is 2.17. The van der Waals surface area contributed by atoms with Crippen LogP contribution in [0.1, 0.15) is 0 Å². The second-order valence-corrected chi connectivity index (χ2v) is 3.66. The number of aliphatic hydroxyl groups excluding tert-OH is 1. The average molecular weight is 256 g/mol. The SMILES string of the molecule is O=C(C1CNCCO1)N(CCO)CC(F)(F)F. The average Bonchev–Trinajstić information content (AvgIpc) is 2.27. The van der Waals surface area contributed by atoms with Gasteiger partial charge in [0.25, 0.3) is 5.91 Å². The molecule has 0 aromatic rings. The molecule has 2 N–H and O–H groups in total. The first-order valence-corrected chi connectivity index (χ1v) is 5.23. The van der Waals surface area contributed by atoms with Gasteiger partial charge in [-0.1, -0.05) is 0 Å². The number of nitrogens with one attached hydrogen (secondary N) is 1. The predicted molar refractivity (Wildman–Crippen MR) is 52.3 cm³/mol. The van der Waals surface area contributed by atoms with Crippen molar-refractivity contribution in [2.24, 2.45) is 0 Å². The molecule has 5 nitrogen and oxygen atoms in total. The zero-order valence-corrected chi connectivity index (χ0v) is 9.16. The van der Waals surface area contributed by atoms with Gasteiger partial charge in [0, 0.05) is 19.6 Å². The zero-order chi connectivity index (χ0) is 12.9. The van der Waals surface area contributed by atoms with Crippen molar-refractivity contribution < 1.29 is 27.8 Å². The monoisotopic (exact) mass is 256 g/mol. The Labute approximate surface area is 96.5 Å². The molecular formula is C9H15F3N2O3. The van der Waals surface area contributed by atoms with Gasteiger partial charge in [-0.15, -0.1) is 0 Å². The Balaban J connectivity index is 2.58. The number of halogens is 3. The van der Waals surface area contributed by atoms with Crippen LogP contribution in [-0.2, 0) is 9.53 Å². The van der Waals surface area contributed by atoms with Crippen LogP contribution in [0.15, 0.2) is 0 Å². The quantitative estimate of drug-likeness (QED) is 0.702. The number of nitrogens with zero attached hydrogens (tertiary/aromatic N) is 1. The van der Waals surface area contributed by atoms with Gasteiger partial charge in [0.2, 0.25) is 0 Å². The smallest absolute Gasteiger partial charge is 0.395 e. The highest BCUT2D eigenvalue weighted by molar-refractivity contribution is 5.81. The summed E-state index contributed by atoms with van der Waals surface area (Å²) in [5.41, 5.74) is 0. The topological polar surface area (TPSA) is 61.8 Å². The first kappa shape index (κ1) is 14.2. The second-order valence-electron chi connectivity index (χ2n) is 3.66. The van der Waals surface area contributed by atoms with E-state index in [9.17, 15) is 18.0 Å². The molecule has 1 unspecified atom stereocenters. The van der Waals surface area contributed by atoms with Gasteiger partial charge in [-0.3, -0.25) is 4.79 Å². The summed E-state index contributed by atoms with van der Waals surface area (Å²) in [6.45, 7) is -1.18. The third kappa shape index (κ3) is 4.88. The summed E-state index contributed by atoms with van der Waals surface area (Å²) >= 11 is 0. The van der Waals surface area contributed by atoms with Gasteiger partial charge in [0.05, 0.1) is 13.2 Å². The highest BCUT2D eigenvalue weighted by atomic mass is 19.4. The summed E-state index contributed by atoms with van der Waals surface area (Å²) < 4.78 is 41.8. The minimum atomic E-state index is -4.48. The van der Waals surface area contributed by atoms with E-state index in [1.165, 1.54) is 0 Å². The lowest BCUT2D eigenvalue weighted by atomic mass is 10.2. The number of carbonyl (C=O) groups excluding carboxylic acids is 1. The van der Waals surface area contributed by atoms with Gasteiger partial charge in [-0.05, 0) is 0 Å². The standard InChI is InChI=1S/C9H15F3N2O3/c10-9(11,12)6-14(2-3-15)8(16)7-5-13-1-4-17-7/h7,13,15H,1-6H2. The van der Waals surface area contributed by atoms with Gasteiger partial charge in [-0.2, -0.15) is 13.2 Å². The number of aliphatic hydroxyl groups is 1. The van der Waals surface area contributed by atoms with Crippen molar-refractivity contribution in [3.8, 4) is 0 Å². The van der Waals surface area contributed by atoms with E-state index >= 15 is 0 Å². The van der Waals surface area contributed by atoms with Gasteiger partial charge in [0.1, 0.15) is 12.6 Å². The van der Waals surface area contributed by atoms with Crippen LogP contribution in [0.4, 0.5) is 13.2 Å².